The summed E-state index contributed by atoms with van der Waals surface area (Å²) < 4.78 is 0. The SMILES string of the molecule is CC(C)C(NCC(=O)NCCCN1CCCC1=O)c1ccccc1. The summed E-state index contributed by atoms with van der Waals surface area (Å²) in [4.78, 5) is 25.4. The molecule has 0 bridgehead atoms. The monoisotopic (exact) mass is 331 g/mol. The van der Waals surface area contributed by atoms with Crippen LogP contribution in [0, 0.1) is 5.92 Å². The fourth-order valence-corrected chi connectivity index (χ4v) is 3.10. The minimum atomic E-state index is 0.00401. The van der Waals surface area contributed by atoms with Crippen LogP contribution >= 0.6 is 0 Å². The Kier molecular flexibility index (Phi) is 7.25. The molecular formula is C19H29N3O2. The molecule has 132 valence electrons. The molecule has 0 aromatic heterocycles. The molecule has 1 aliphatic rings. The van der Waals surface area contributed by atoms with E-state index in [0.29, 0.717) is 25.4 Å². The smallest absolute Gasteiger partial charge is 0.233 e. The van der Waals surface area contributed by atoms with Crippen molar-refractivity contribution in [1.82, 2.24) is 15.5 Å². The van der Waals surface area contributed by atoms with Crippen LogP contribution in [-0.4, -0.2) is 42.9 Å². The van der Waals surface area contributed by atoms with Gasteiger partial charge in [-0.15, -0.1) is 0 Å². The highest BCUT2D eigenvalue weighted by Gasteiger charge is 2.19. The zero-order chi connectivity index (χ0) is 17.4. The molecule has 5 nitrogen and oxygen atoms in total. The first-order chi connectivity index (χ1) is 11.6. The summed E-state index contributed by atoms with van der Waals surface area (Å²) in [6, 6.07) is 10.4. The molecule has 1 saturated heterocycles. The molecule has 1 heterocycles. The van der Waals surface area contributed by atoms with E-state index in [9.17, 15) is 9.59 Å². The van der Waals surface area contributed by atoms with Crippen LogP contribution in [0.4, 0.5) is 0 Å². The number of nitrogens with zero attached hydrogens (tertiary/aromatic N) is 1. The van der Waals surface area contributed by atoms with E-state index in [1.165, 1.54) is 5.56 Å². The minimum Gasteiger partial charge on any atom is -0.355 e. The molecule has 0 spiro atoms. The average molecular weight is 331 g/mol. The lowest BCUT2D eigenvalue weighted by atomic mass is 9.96. The highest BCUT2D eigenvalue weighted by atomic mass is 16.2. The fourth-order valence-electron chi connectivity index (χ4n) is 3.10. The molecule has 0 aliphatic carbocycles. The van der Waals surface area contributed by atoms with Gasteiger partial charge in [0.2, 0.25) is 11.8 Å². The topological polar surface area (TPSA) is 61.4 Å². The van der Waals surface area contributed by atoms with Crippen molar-refractivity contribution in [2.75, 3.05) is 26.2 Å². The van der Waals surface area contributed by atoms with Crippen LogP contribution in [0.3, 0.4) is 0 Å². The Labute approximate surface area is 144 Å². The van der Waals surface area contributed by atoms with Gasteiger partial charge >= 0.3 is 0 Å². The highest BCUT2D eigenvalue weighted by Crippen LogP contribution is 2.20. The van der Waals surface area contributed by atoms with E-state index in [0.717, 1.165) is 25.9 Å². The molecule has 2 amide bonds. The lowest BCUT2D eigenvalue weighted by molar-refractivity contribution is -0.127. The Hall–Kier alpha value is -1.88. The fraction of sp³-hybridized carbons (Fsp3) is 0.579. The van der Waals surface area contributed by atoms with Gasteiger partial charge in [-0.25, -0.2) is 0 Å². The van der Waals surface area contributed by atoms with Crippen LogP contribution in [0.25, 0.3) is 0 Å². The van der Waals surface area contributed by atoms with Crippen LogP contribution in [0.1, 0.15) is 44.7 Å². The summed E-state index contributed by atoms with van der Waals surface area (Å²) in [5, 5.41) is 6.28. The van der Waals surface area contributed by atoms with Crippen molar-refractivity contribution >= 4 is 11.8 Å². The van der Waals surface area contributed by atoms with E-state index < -0.39 is 0 Å². The second-order valence-electron chi connectivity index (χ2n) is 6.70. The predicted octanol–water partition coefficient (Wildman–Crippen LogP) is 2.10. The van der Waals surface area contributed by atoms with Gasteiger partial charge in [-0.2, -0.15) is 0 Å². The van der Waals surface area contributed by atoms with Crippen molar-refractivity contribution < 1.29 is 9.59 Å². The predicted molar refractivity (Wildman–Crippen MR) is 95.5 cm³/mol. The van der Waals surface area contributed by atoms with E-state index >= 15 is 0 Å². The van der Waals surface area contributed by atoms with E-state index in [4.69, 9.17) is 0 Å². The zero-order valence-corrected chi connectivity index (χ0v) is 14.8. The van der Waals surface area contributed by atoms with E-state index in [2.05, 4.69) is 36.6 Å². The second-order valence-corrected chi connectivity index (χ2v) is 6.70. The van der Waals surface area contributed by atoms with E-state index in [1.807, 2.05) is 23.1 Å². The molecule has 2 rings (SSSR count). The molecular weight excluding hydrogens is 302 g/mol. The Balaban J connectivity index is 1.67. The molecule has 1 unspecified atom stereocenters. The third kappa shape index (κ3) is 5.64. The zero-order valence-electron chi connectivity index (χ0n) is 14.8. The second kappa shape index (κ2) is 9.42. The number of carbonyl (C=O) groups excluding carboxylic acids is 2. The maximum atomic E-state index is 12.0. The molecule has 24 heavy (non-hydrogen) atoms. The van der Waals surface area contributed by atoms with Gasteiger partial charge in [0, 0.05) is 32.1 Å². The van der Waals surface area contributed by atoms with Crippen LogP contribution < -0.4 is 10.6 Å². The van der Waals surface area contributed by atoms with Gasteiger partial charge in [-0.3, -0.25) is 9.59 Å². The summed E-state index contributed by atoms with van der Waals surface area (Å²) in [6.45, 7) is 6.82. The van der Waals surface area contributed by atoms with Crippen LogP contribution in [0.15, 0.2) is 30.3 Å². The number of nitrogens with one attached hydrogen (secondary N) is 2. The molecule has 0 radical (unpaired) electrons. The number of carbonyl (C=O) groups is 2. The summed E-state index contributed by atoms with van der Waals surface area (Å²) in [7, 11) is 0. The van der Waals surface area contributed by atoms with Crippen molar-refractivity contribution in [2.45, 2.75) is 39.2 Å². The van der Waals surface area contributed by atoms with Crippen LogP contribution in [0.2, 0.25) is 0 Å². The summed E-state index contributed by atoms with van der Waals surface area (Å²) in [5.41, 5.74) is 1.20. The first-order valence-corrected chi connectivity index (χ1v) is 8.90. The average Bonchev–Trinajstić information content (AvgIpc) is 2.97. The molecule has 1 atom stereocenters. The van der Waals surface area contributed by atoms with Crippen molar-refractivity contribution in [2.24, 2.45) is 5.92 Å². The normalized spacial score (nSPS) is 15.8. The van der Waals surface area contributed by atoms with Crippen molar-refractivity contribution in [1.29, 1.82) is 0 Å². The summed E-state index contributed by atoms with van der Waals surface area (Å²) in [6.07, 6.45) is 2.45. The third-order valence-electron chi connectivity index (χ3n) is 4.41. The van der Waals surface area contributed by atoms with Crippen LogP contribution in [-0.2, 0) is 9.59 Å². The Morgan fingerprint density at radius 2 is 2.00 bits per heavy atom. The molecule has 1 aromatic carbocycles. The van der Waals surface area contributed by atoms with Gasteiger partial charge < -0.3 is 15.5 Å². The lowest BCUT2D eigenvalue weighted by Gasteiger charge is -2.23. The molecule has 1 aliphatic heterocycles. The molecule has 2 N–H and O–H groups in total. The third-order valence-corrected chi connectivity index (χ3v) is 4.41. The van der Waals surface area contributed by atoms with Gasteiger partial charge in [0.25, 0.3) is 0 Å². The number of likely N-dealkylation sites (tertiary alicyclic amines) is 1. The quantitative estimate of drug-likeness (QED) is 0.681. The van der Waals surface area contributed by atoms with Gasteiger partial charge in [-0.05, 0) is 24.3 Å². The lowest BCUT2D eigenvalue weighted by Crippen LogP contribution is -2.38. The van der Waals surface area contributed by atoms with Crippen molar-refractivity contribution in [3.63, 3.8) is 0 Å². The summed E-state index contributed by atoms with van der Waals surface area (Å²) >= 11 is 0. The number of hydrogen-bond donors (Lipinski definition) is 2. The maximum Gasteiger partial charge on any atom is 0.233 e. The number of rotatable bonds is 9. The molecule has 1 fully saturated rings. The van der Waals surface area contributed by atoms with Gasteiger partial charge in [0.1, 0.15) is 0 Å². The van der Waals surface area contributed by atoms with Gasteiger partial charge in [0.05, 0.1) is 6.54 Å². The minimum absolute atomic E-state index is 0.00401. The Morgan fingerprint density at radius 1 is 1.25 bits per heavy atom. The van der Waals surface area contributed by atoms with Gasteiger partial charge in [-0.1, -0.05) is 44.2 Å². The van der Waals surface area contributed by atoms with E-state index in [1.54, 1.807) is 0 Å². The largest absolute Gasteiger partial charge is 0.355 e. The summed E-state index contributed by atoms with van der Waals surface area (Å²) in [5.74, 6) is 0.649. The Morgan fingerprint density at radius 3 is 2.62 bits per heavy atom. The number of amides is 2. The van der Waals surface area contributed by atoms with Crippen molar-refractivity contribution in [3.8, 4) is 0 Å². The molecule has 5 heteroatoms. The van der Waals surface area contributed by atoms with Gasteiger partial charge in [0.15, 0.2) is 0 Å². The van der Waals surface area contributed by atoms with E-state index in [-0.39, 0.29) is 17.9 Å². The van der Waals surface area contributed by atoms with Crippen LogP contribution in [0.5, 0.6) is 0 Å². The first-order valence-electron chi connectivity index (χ1n) is 8.90. The molecule has 1 aromatic rings. The standard InChI is InChI=1S/C19H29N3O2/c1-15(2)19(16-8-4-3-5-9-16)21-14-17(23)20-11-7-13-22-12-6-10-18(22)24/h3-5,8-9,15,19,21H,6-7,10-14H2,1-2H3,(H,20,23). The highest BCUT2D eigenvalue weighted by molar-refractivity contribution is 5.78. The first kappa shape index (κ1) is 18.5. The Bertz CT molecular complexity index is 531. The van der Waals surface area contributed by atoms with Crippen molar-refractivity contribution in [3.05, 3.63) is 35.9 Å². The molecule has 0 saturated carbocycles. The number of hydrogen-bond acceptors (Lipinski definition) is 3. The number of benzene rings is 1. The maximum absolute atomic E-state index is 12.0.